The first-order valence-corrected chi connectivity index (χ1v) is 9.54. The number of esters is 1. The van der Waals surface area contributed by atoms with E-state index in [1.165, 1.54) is 0 Å². The largest absolute Gasteiger partial charge is 0.490 e. The van der Waals surface area contributed by atoms with E-state index in [-0.39, 0.29) is 12.7 Å². The fourth-order valence-corrected chi connectivity index (χ4v) is 2.82. The van der Waals surface area contributed by atoms with Crippen LogP contribution in [0.2, 0.25) is 0 Å². The molecule has 3 aromatic carbocycles. The fourth-order valence-electron chi connectivity index (χ4n) is 2.82. The highest BCUT2D eigenvalue weighted by atomic mass is 16.6. The number of carbonyl (C=O) groups is 1. The van der Waals surface area contributed by atoms with E-state index in [0.29, 0.717) is 11.3 Å². The Bertz CT molecular complexity index is 897. The molecule has 0 spiro atoms. The van der Waals surface area contributed by atoms with Crippen LogP contribution in [0.25, 0.3) is 0 Å². The van der Waals surface area contributed by atoms with Crippen LogP contribution < -0.4 is 9.64 Å². The van der Waals surface area contributed by atoms with Crippen molar-refractivity contribution in [1.82, 2.24) is 0 Å². The van der Waals surface area contributed by atoms with Crippen molar-refractivity contribution in [1.29, 1.82) is 0 Å². The molecule has 0 radical (unpaired) electrons. The number of ether oxygens (including phenoxy) is 2. The number of nitrogens with zero attached hydrogens (tertiary/aromatic N) is 1. The van der Waals surface area contributed by atoms with Crippen LogP contribution >= 0.6 is 0 Å². The molecule has 0 amide bonds. The summed E-state index contributed by atoms with van der Waals surface area (Å²) in [6.45, 7) is 7.28. The number of carbonyl (C=O) groups excluding carboxylic acids is 1. The number of para-hydroxylation sites is 2. The van der Waals surface area contributed by atoms with E-state index < -0.39 is 5.97 Å². The summed E-state index contributed by atoms with van der Waals surface area (Å²) in [5.41, 5.74) is 3.56. The maximum Gasteiger partial charge on any atom is 0.333 e. The highest BCUT2D eigenvalue weighted by molar-refractivity contribution is 5.87. The molecule has 148 valence electrons. The molecule has 0 aliphatic rings. The van der Waals surface area contributed by atoms with Gasteiger partial charge in [0.15, 0.2) is 0 Å². The minimum Gasteiger partial charge on any atom is -0.490 e. The van der Waals surface area contributed by atoms with Crippen LogP contribution in [0, 0.1) is 0 Å². The molecule has 1 unspecified atom stereocenters. The predicted molar refractivity (Wildman–Crippen MR) is 117 cm³/mol. The monoisotopic (exact) mass is 387 g/mol. The molecule has 4 heteroatoms. The summed E-state index contributed by atoms with van der Waals surface area (Å²) in [5, 5.41) is 0. The fraction of sp³-hybridized carbons (Fsp3) is 0.160. The molecule has 0 N–H and O–H groups in total. The van der Waals surface area contributed by atoms with Gasteiger partial charge in [-0.1, -0.05) is 43.0 Å². The van der Waals surface area contributed by atoms with Gasteiger partial charge in [0.2, 0.25) is 0 Å². The van der Waals surface area contributed by atoms with E-state index in [4.69, 9.17) is 9.47 Å². The van der Waals surface area contributed by atoms with Crippen molar-refractivity contribution >= 4 is 23.0 Å². The third kappa shape index (κ3) is 5.48. The Morgan fingerprint density at radius 3 is 1.83 bits per heavy atom. The Balaban J connectivity index is 1.73. The van der Waals surface area contributed by atoms with Crippen LogP contribution in [0.1, 0.15) is 13.8 Å². The molecule has 0 aromatic heterocycles. The zero-order valence-corrected chi connectivity index (χ0v) is 16.7. The van der Waals surface area contributed by atoms with Gasteiger partial charge in [-0.2, -0.15) is 0 Å². The van der Waals surface area contributed by atoms with Crippen molar-refractivity contribution in [2.75, 3.05) is 11.5 Å². The molecule has 0 aliphatic carbocycles. The lowest BCUT2D eigenvalue weighted by molar-refractivity contribution is -0.144. The lowest BCUT2D eigenvalue weighted by atomic mass is 10.2. The second-order valence-corrected chi connectivity index (χ2v) is 6.81. The molecule has 0 saturated carbocycles. The Kier molecular flexibility index (Phi) is 6.69. The van der Waals surface area contributed by atoms with Gasteiger partial charge < -0.3 is 14.4 Å². The summed E-state index contributed by atoms with van der Waals surface area (Å²) in [4.78, 5) is 13.8. The second-order valence-electron chi connectivity index (χ2n) is 6.81. The average Bonchev–Trinajstić information content (AvgIpc) is 2.75. The highest BCUT2D eigenvalue weighted by Crippen LogP contribution is 2.34. The third-order valence-electron chi connectivity index (χ3n) is 4.27. The Morgan fingerprint density at radius 1 is 0.862 bits per heavy atom. The molecular formula is C25H25NO3. The summed E-state index contributed by atoms with van der Waals surface area (Å²) in [7, 11) is 0. The summed E-state index contributed by atoms with van der Waals surface area (Å²) in [6, 6.07) is 28.3. The lowest BCUT2D eigenvalue weighted by Crippen LogP contribution is -2.22. The molecule has 3 aromatic rings. The van der Waals surface area contributed by atoms with Crippen molar-refractivity contribution in [2.45, 2.75) is 20.0 Å². The molecule has 0 saturated heterocycles. The van der Waals surface area contributed by atoms with Gasteiger partial charge in [0.05, 0.1) is 0 Å². The average molecular weight is 387 g/mol. The molecule has 0 heterocycles. The maximum atomic E-state index is 11.6. The van der Waals surface area contributed by atoms with Crippen LogP contribution in [0.15, 0.2) is 97.1 Å². The van der Waals surface area contributed by atoms with Crippen LogP contribution in [-0.4, -0.2) is 18.7 Å². The Labute approximate surface area is 172 Å². The van der Waals surface area contributed by atoms with Gasteiger partial charge in [0, 0.05) is 22.6 Å². The normalized spacial score (nSPS) is 11.4. The van der Waals surface area contributed by atoms with Crippen LogP contribution in [0.4, 0.5) is 17.1 Å². The van der Waals surface area contributed by atoms with Gasteiger partial charge in [-0.25, -0.2) is 4.79 Å². The van der Waals surface area contributed by atoms with Crippen molar-refractivity contribution in [3.8, 4) is 5.75 Å². The zero-order valence-electron chi connectivity index (χ0n) is 16.7. The van der Waals surface area contributed by atoms with E-state index in [1.54, 1.807) is 13.8 Å². The van der Waals surface area contributed by atoms with E-state index in [9.17, 15) is 4.79 Å². The minimum absolute atomic E-state index is 0.277. The van der Waals surface area contributed by atoms with Crippen LogP contribution in [0.5, 0.6) is 5.75 Å². The van der Waals surface area contributed by atoms with Crippen molar-refractivity contribution in [2.24, 2.45) is 0 Å². The van der Waals surface area contributed by atoms with Gasteiger partial charge in [0.1, 0.15) is 18.5 Å². The Morgan fingerprint density at radius 2 is 1.34 bits per heavy atom. The van der Waals surface area contributed by atoms with Crippen LogP contribution in [0.3, 0.4) is 0 Å². The predicted octanol–water partition coefficient (Wildman–Crippen LogP) is 6.04. The summed E-state index contributed by atoms with van der Waals surface area (Å²) >= 11 is 0. The van der Waals surface area contributed by atoms with E-state index >= 15 is 0 Å². The Hall–Kier alpha value is -3.53. The molecular weight excluding hydrogens is 362 g/mol. The van der Waals surface area contributed by atoms with E-state index in [0.717, 1.165) is 17.1 Å². The zero-order chi connectivity index (χ0) is 20.6. The summed E-state index contributed by atoms with van der Waals surface area (Å²) in [5.74, 6) is 0.311. The lowest BCUT2D eigenvalue weighted by Gasteiger charge is -2.25. The van der Waals surface area contributed by atoms with Gasteiger partial charge in [-0.15, -0.1) is 0 Å². The van der Waals surface area contributed by atoms with Crippen molar-refractivity contribution < 1.29 is 14.3 Å². The molecule has 0 bridgehead atoms. The number of benzene rings is 3. The molecule has 3 rings (SSSR count). The summed E-state index contributed by atoms with van der Waals surface area (Å²) < 4.78 is 11.0. The van der Waals surface area contributed by atoms with Gasteiger partial charge in [-0.05, 0) is 62.4 Å². The van der Waals surface area contributed by atoms with Gasteiger partial charge in [0.25, 0.3) is 0 Å². The number of anilines is 3. The first-order valence-electron chi connectivity index (χ1n) is 9.54. The number of rotatable bonds is 8. The molecule has 0 fully saturated rings. The van der Waals surface area contributed by atoms with Crippen LogP contribution in [-0.2, 0) is 9.53 Å². The van der Waals surface area contributed by atoms with Crippen molar-refractivity contribution in [3.63, 3.8) is 0 Å². The number of hydrogen-bond acceptors (Lipinski definition) is 4. The minimum atomic E-state index is -0.405. The molecule has 0 aliphatic heterocycles. The van der Waals surface area contributed by atoms with Gasteiger partial charge >= 0.3 is 5.97 Å². The smallest absolute Gasteiger partial charge is 0.333 e. The standard InChI is InChI=1S/C25H25NO3/c1-19(2)25(27)29-20(3)18-28-24-16-14-23(15-17-24)26(21-10-6-4-7-11-21)22-12-8-5-9-13-22/h4-17,20H,1,18H2,2-3H3. The quantitative estimate of drug-likeness (QED) is 0.349. The second kappa shape index (κ2) is 9.60. The first-order chi connectivity index (χ1) is 14.0. The van der Waals surface area contributed by atoms with Gasteiger partial charge in [-0.3, -0.25) is 0 Å². The van der Waals surface area contributed by atoms with Crippen molar-refractivity contribution in [3.05, 3.63) is 97.1 Å². The molecule has 29 heavy (non-hydrogen) atoms. The molecule has 1 atom stereocenters. The maximum absolute atomic E-state index is 11.6. The third-order valence-corrected chi connectivity index (χ3v) is 4.27. The number of hydrogen-bond donors (Lipinski definition) is 0. The first kappa shape index (κ1) is 20.2. The van der Waals surface area contributed by atoms with E-state index in [2.05, 4.69) is 35.7 Å². The summed E-state index contributed by atoms with van der Waals surface area (Å²) in [6.07, 6.45) is -0.357. The highest BCUT2D eigenvalue weighted by Gasteiger charge is 2.13. The SMILES string of the molecule is C=C(C)C(=O)OC(C)COc1ccc(N(c2ccccc2)c2ccccc2)cc1. The molecule has 4 nitrogen and oxygen atoms in total. The topological polar surface area (TPSA) is 38.8 Å². The van der Waals surface area contributed by atoms with E-state index in [1.807, 2.05) is 60.7 Å².